The third-order valence-electron chi connectivity index (χ3n) is 3.64. The molecule has 0 fully saturated rings. The van der Waals surface area contributed by atoms with Gasteiger partial charge >= 0.3 is 0 Å². The molecule has 3 rings (SSSR count). The van der Waals surface area contributed by atoms with Crippen LogP contribution in [-0.2, 0) is 0 Å². The lowest BCUT2D eigenvalue weighted by molar-refractivity contribution is 0.308. The lowest BCUT2D eigenvalue weighted by atomic mass is 10.1. The molecule has 2 heterocycles. The maximum absolute atomic E-state index is 12.0. The van der Waals surface area contributed by atoms with Crippen molar-refractivity contribution in [3.8, 4) is 6.01 Å². The topological polar surface area (TPSA) is 104 Å². The fourth-order valence-corrected chi connectivity index (χ4v) is 2.29. The van der Waals surface area contributed by atoms with Crippen LogP contribution in [0.15, 0.2) is 58.6 Å². The Hall–Kier alpha value is -3.35. The number of fused-ring (bicyclic) bond motifs is 1. The number of ether oxygens (including phenoxy) is 1. The highest BCUT2D eigenvalue weighted by Crippen LogP contribution is 2.15. The molecule has 2 atom stereocenters. The first-order chi connectivity index (χ1) is 12.2. The number of aliphatic imine (C=N–C) groups is 1. The van der Waals surface area contributed by atoms with Gasteiger partial charge in [-0.2, -0.15) is 4.98 Å². The summed E-state index contributed by atoms with van der Waals surface area (Å²) >= 11 is 0. The van der Waals surface area contributed by atoms with E-state index in [-0.39, 0.29) is 17.6 Å². The second-order valence-corrected chi connectivity index (χ2v) is 5.40. The van der Waals surface area contributed by atoms with Crippen molar-refractivity contribution in [3.63, 3.8) is 0 Å². The number of hydrogen-bond acceptors (Lipinski definition) is 6. The van der Waals surface area contributed by atoms with Crippen LogP contribution in [0.2, 0.25) is 0 Å². The molecule has 0 radical (unpaired) electrons. The van der Waals surface area contributed by atoms with Crippen molar-refractivity contribution in [2.45, 2.75) is 19.1 Å². The van der Waals surface area contributed by atoms with Crippen LogP contribution in [0.25, 0.3) is 10.9 Å². The van der Waals surface area contributed by atoms with Crippen LogP contribution in [0.5, 0.6) is 6.01 Å². The molecule has 7 heteroatoms. The van der Waals surface area contributed by atoms with Crippen molar-refractivity contribution in [2.24, 2.45) is 4.99 Å². The molecular formula is C18H17N5O2. The van der Waals surface area contributed by atoms with Gasteiger partial charge in [-0.25, -0.2) is 0 Å². The molecule has 25 heavy (non-hydrogen) atoms. The van der Waals surface area contributed by atoms with E-state index in [9.17, 15) is 4.79 Å². The normalized spacial score (nSPS) is 13.6. The van der Waals surface area contributed by atoms with E-state index in [1.54, 1.807) is 6.07 Å². The van der Waals surface area contributed by atoms with Gasteiger partial charge in [0.15, 0.2) is 6.10 Å². The average molecular weight is 335 g/mol. The van der Waals surface area contributed by atoms with Crippen molar-refractivity contribution in [3.05, 3.63) is 64.7 Å². The molecule has 0 spiro atoms. The lowest BCUT2D eigenvalue weighted by Gasteiger charge is -2.11. The largest absolute Gasteiger partial charge is 0.450 e. The SMILES string of the molecule is CC(N=CC(C=N)Oc1nc2cnccc2c(=O)[nH]1)c1ccccc1. The number of H-pyrrole nitrogens is 1. The van der Waals surface area contributed by atoms with E-state index in [0.29, 0.717) is 10.9 Å². The molecule has 0 aliphatic rings. The molecule has 0 saturated carbocycles. The van der Waals surface area contributed by atoms with E-state index in [1.165, 1.54) is 18.6 Å². The minimum absolute atomic E-state index is 0.0258. The standard InChI is InChI=1S/C18H17N5O2/c1-12(13-5-3-2-4-6-13)21-10-14(9-19)25-18-22-16-11-20-8-7-15(16)17(24)23-18/h2-12,14,19H,1H3,(H,22,23,24). The average Bonchev–Trinajstić information content (AvgIpc) is 2.65. The molecule has 0 aliphatic heterocycles. The Labute approximate surface area is 144 Å². The van der Waals surface area contributed by atoms with Gasteiger partial charge in [-0.1, -0.05) is 30.3 Å². The minimum atomic E-state index is -0.733. The van der Waals surface area contributed by atoms with Gasteiger partial charge in [0.05, 0.1) is 23.1 Å². The maximum atomic E-state index is 12.0. The lowest BCUT2D eigenvalue weighted by Crippen LogP contribution is -2.23. The Kier molecular flexibility index (Phi) is 4.94. The summed E-state index contributed by atoms with van der Waals surface area (Å²) < 4.78 is 5.55. The number of aromatic amines is 1. The van der Waals surface area contributed by atoms with Crippen LogP contribution in [0.1, 0.15) is 18.5 Å². The number of benzene rings is 1. The molecule has 0 bridgehead atoms. The van der Waals surface area contributed by atoms with Crippen molar-refractivity contribution in [1.29, 1.82) is 5.41 Å². The highest BCUT2D eigenvalue weighted by atomic mass is 16.5. The highest BCUT2D eigenvalue weighted by Gasteiger charge is 2.10. The van der Waals surface area contributed by atoms with Gasteiger partial charge in [-0.05, 0) is 18.6 Å². The Morgan fingerprint density at radius 1 is 1.28 bits per heavy atom. The summed E-state index contributed by atoms with van der Waals surface area (Å²) in [6.07, 6.45) is 4.90. The fourth-order valence-electron chi connectivity index (χ4n) is 2.29. The number of nitrogens with zero attached hydrogens (tertiary/aromatic N) is 3. The molecule has 3 aromatic rings. The first-order valence-corrected chi connectivity index (χ1v) is 7.77. The molecule has 1 aromatic carbocycles. The van der Waals surface area contributed by atoms with Gasteiger partial charge in [-0.3, -0.25) is 19.8 Å². The summed E-state index contributed by atoms with van der Waals surface area (Å²) in [6, 6.07) is 11.4. The molecular weight excluding hydrogens is 318 g/mol. The van der Waals surface area contributed by atoms with Gasteiger partial charge < -0.3 is 10.1 Å². The van der Waals surface area contributed by atoms with Gasteiger partial charge in [-0.15, -0.1) is 0 Å². The number of pyridine rings is 1. The monoisotopic (exact) mass is 335 g/mol. The van der Waals surface area contributed by atoms with Crippen LogP contribution in [-0.4, -0.2) is 33.5 Å². The van der Waals surface area contributed by atoms with Crippen molar-refractivity contribution >= 4 is 23.3 Å². The molecule has 0 saturated heterocycles. The van der Waals surface area contributed by atoms with Crippen LogP contribution in [0.4, 0.5) is 0 Å². The van der Waals surface area contributed by atoms with Crippen molar-refractivity contribution < 1.29 is 4.74 Å². The fraction of sp³-hybridized carbons (Fsp3) is 0.167. The zero-order valence-corrected chi connectivity index (χ0v) is 13.6. The summed E-state index contributed by atoms with van der Waals surface area (Å²) in [4.78, 5) is 27.1. The number of hydrogen-bond donors (Lipinski definition) is 2. The maximum Gasteiger partial charge on any atom is 0.298 e. The Bertz CT molecular complexity index is 952. The van der Waals surface area contributed by atoms with Crippen molar-refractivity contribution in [1.82, 2.24) is 15.0 Å². The van der Waals surface area contributed by atoms with Crippen LogP contribution >= 0.6 is 0 Å². The first kappa shape index (κ1) is 16.5. The molecule has 0 aliphatic carbocycles. The summed E-state index contributed by atoms with van der Waals surface area (Å²) in [7, 11) is 0. The van der Waals surface area contributed by atoms with E-state index in [4.69, 9.17) is 10.1 Å². The Morgan fingerprint density at radius 2 is 2.08 bits per heavy atom. The van der Waals surface area contributed by atoms with E-state index >= 15 is 0 Å². The molecule has 2 unspecified atom stereocenters. The zero-order valence-electron chi connectivity index (χ0n) is 13.6. The van der Waals surface area contributed by atoms with E-state index in [1.807, 2.05) is 37.3 Å². The van der Waals surface area contributed by atoms with Gasteiger partial charge in [0.25, 0.3) is 11.6 Å². The predicted octanol–water partition coefficient (Wildman–Crippen LogP) is 2.55. The van der Waals surface area contributed by atoms with Gasteiger partial charge in [0, 0.05) is 18.6 Å². The quantitative estimate of drug-likeness (QED) is 0.675. The Balaban J connectivity index is 1.77. The third-order valence-corrected chi connectivity index (χ3v) is 3.64. The summed E-state index contributed by atoms with van der Waals surface area (Å²) in [6.45, 7) is 1.95. The molecule has 2 aromatic heterocycles. The Morgan fingerprint density at radius 3 is 2.84 bits per heavy atom. The van der Waals surface area contributed by atoms with Crippen LogP contribution < -0.4 is 10.3 Å². The minimum Gasteiger partial charge on any atom is -0.450 e. The summed E-state index contributed by atoms with van der Waals surface area (Å²) in [5.41, 5.74) is 1.17. The summed E-state index contributed by atoms with van der Waals surface area (Å²) in [5, 5.41) is 7.93. The van der Waals surface area contributed by atoms with E-state index in [2.05, 4.69) is 19.9 Å². The predicted molar refractivity (Wildman–Crippen MR) is 96.7 cm³/mol. The summed E-state index contributed by atoms with van der Waals surface area (Å²) in [5.74, 6) is 0. The van der Waals surface area contributed by atoms with E-state index < -0.39 is 6.10 Å². The highest BCUT2D eigenvalue weighted by molar-refractivity contribution is 5.85. The smallest absolute Gasteiger partial charge is 0.298 e. The molecule has 126 valence electrons. The third kappa shape index (κ3) is 3.95. The van der Waals surface area contributed by atoms with Crippen molar-refractivity contribution in [2.75, 3.05) is 0 Å². The van der Waals surface area contributed by atoms with Gasteiger partial charge in [0.1, 0.15) is 0 Å². The molecule has 7 nitrogen and oxygen atoms in total. The van der Waals surface area contributed by atoms with Crippen LogP contribution in [0, 0.1) is 5.41 Å². The number of aromatic nitrogens is 3. The second-order valence-electron chi connectivity index (χ2n) is 5.40. The van der Waals surface area contributed by atoms with Gasteiger partial charge in [0.2, 0.25) is 0 Å². The first-order valence-electron chi connectivity index (χ1n) is 7.77. The molecule has 2 N–H and O–H groups in total. The van der Waals surface area contributed by atoms with E-state index in [0.717, 1.165) is 11.8 Å². The second kappa shape index (κ2) is 7.48. The number of nitrogens with one attached hydrogen (secondary N) is 2. The number of rotatable bonds is 6. The van der Waals surface area contributed by atoms with Crippen LogP contribution in [0.3, 0.4) is 0 Å². The zero-order chi connectivity index (χ0) is 17.6. The molecule has 0 amide bonds.